The molecular formula is C20H34N2O3S. The Balaban J connectivity index is 2.46. The normalized spacial score (nSPS) is 16.3. The largest absolute Gasteiger partial charge is 0.300 e. The molecule has 1 heterocycles. The van der Waals surface area contributed by atoms with Gasteiger partial charge in [0.1, 0.15) is 0 Å². The van der Waals surface area contributed by atoms with E-state index in [-0.39, 0.29) is 11.3 Å². The van der Waals surface area contributed by atoms with Crippen molar-refractivity contribution in [3.05, 3.63) is 35.8 Å². The van der Waals surface area contributed by atoms with Crippen LogP contribution in [0.5, 0.6) is 0 Å². The number of allylic oxidation sites excluding steroid dienone is 3. The van der Waals surface area contributed by atoms with Crippen LogP contribution in [-0.4, -0.2) is 38.9 Å². The van der Waals surface area contributed by atoms with E-state index in [4.69, 9.17) is 0 Å². The summed E-state index contributed by atoms with van der Waals surface area (Å²) in [6.45, 7) is 8.54. The molecule has 6 heteroatoms. The van der Waals surface area contributed by atoms with Crippen LogP contribution in [0.25, 0.3) is 0 Å². The average Bonchev–Trinajstić information content (AvgIpc) is 3.10. The molecule has 0 bridgehead atoms. The fourth-order valence-electron chi connectivity index (χ4n) is 2.96. The van der Waals surface area contributed by atoms with Gasteiger partial charge in [0.2, 0.25) is 5.91 Å². The van der Waals surface area contributed by atoms with Crippen LogP contribution >= 0.6 is 0 Å². The molecule has 0 spiro atoms. The molecular weight excluding hydrogens is 348 g/mol. The second kappa shape index (κ2) is 12.9. The summed E-state index contributed by atoms with van der Waals surface area (Å²) in [4.78, 5) is 14.3. The summed E-state index contributed by atoms with van der Waals surface area (Å²) in [5, 5.41) is 0. The van der Waals surface area contributed by atoms with Crippen molar-refractivity contribution in [1.29, 1.82) is 0 Å². The Kier molecular flexibility index (Phi) is 11.2. The predicted molar refractivity (Wildman–Crippen MR) is 108 cm³/mol. The number of sulfonamides is 1. The Morgan fingerprint density at radius 2 is 1.77 bits per heavy atom. The minimum atomic E-state index is -3.85. The van der Waals surface area contributed by atoms with Crippen molar-refractivity contribution >= 4 is 15.9 Å². The fourth-order valence-corrected chi connectivity index (χ4v) is 4.03. The van der Waals surface area contributed by atoms with Gasteiger partial charge in [-0.05, 0) is 44.5 Å². The molecule has 0 aromatic rings. The number of carbonyl (C=O) groups excluding carboxylic acids is 1. The molecule has 0 aromatic heterocycles. The van der Waals surface area contributed by atoms with E-state index in [1.54, 1.807) is 6.08 Å². The lowest BCUT2D eigenvalue weighted by molar-refractivity contribution is -0.119. The van der Waals surface area contributed by atoms with Crippen molar-refractivity contribution in [3.8, 4) is 0 Å². The van der Waals surface area contributed by atoms with E-state index in [0.29, 0.717) is 0 Å². The number of likely N-dealkylation sites (tertiary alicyclic amines) is 1. The Bertz CT molecular complexity index is 588. The predicted octanol–water partition coefficient (Wildman–Crippen LogP) is 3.90. The van der Waals surface area contributed by atoms with Crippen molar-refractivity contribution in [2.45, 2.75) is 64.7 Å². The first kappa shape index (κ1) is 22.6. The first-order chi connectivity index (χ1) is 12.5. The molecule has 148 valence electrons. The van der Waals surface area contributed by atoms with Gasteiger partial charge in [0.25, 0.3) is 10.0 Å². The summed E-state index contributed by atoms with van der Waals surface area (Å²) in [6, 6.07) is 0. The van der Waals surface area contributed by atoms with E-state index < -0.39 is 15.9 Å². The highest BCUT2D eigenvalue weighted by Gasteiger charge is 2.18. The quantitative estimate of drug-likeness (QED) is 0.387. The lowest BCUT2D eigenvalue weighted by atomic mass is 10.1. The number of unbranched alkanes of at least 4 members (excludes halogenated alkanes) is 5. The summed E-state index contributed by atoms with van der Waals surface area (Å²) >= 11 is 0. The van der Waals surface area contributed by atoms with Crippen molar-refractivity contribution in [1.82, 2.24) is 9.62 Å². The van der Waals surface area contributed by atoms with Gasteiger partial charge in [0, 0.05) is 13.0 Å². The van der Waals surface area contributed by atoms with Crippen LogP contribution < -0.4 is 4.72 Å². The Labute approximate surface area is 159 Å². The molecule has 1 fully saturated rings. The summed E-state index contributed by atoms with van der Waals surface area (Å²) in [6.07, 6.45) is 15.2. The van der Waals surface area contributed by atoms with Crippen molar-refractivity contribution in [2.24, 2.45) is 0 Å². The van der Waals surface area contributed by atoms with Crippen LogP contribution in [0.2, 0.25) is 0 Å². The number of carbonyl (C=O) groups is 1. The second-order valence-electron chi connectivity index (χ2n) is 6.76. The van der Waals surface area contributed by atoms with Crippen LogP contribution in [0.4, 0.5) is 0 Å². The molecule has 0 aliphatic carbocycles. The third kappa shape index (κ3) is 9.34. The second-order valence-corrected chi connectivity index (χ2v) is 8.44. The minimum absolute atomic E-state index is 0.0722. The van der Waals surface area contributed by atoms with E-state index in [1.807, 2.05) is 6.08 Å². The number of hydrogen-bond acceptors (Lipinski definition) is 4. The van der Waals surface area contributed by atoms with Crippen molar-refractivity contribution in [3.63, 3.8) is 0 Å². The third-order valence-electron chi connectivity index (χ3n) is 4.44. The molecule has 1 aliphatic heterocycles. The zero-order valence-electron chi connectivity index (χ0n) is 16.1. The van der Waals surface area contributed by atoms with Crippen molar-refractivity contribution in [2.75, 3.05) is 19.6 Å². The maximum absolute atomic E-state index is 12.4. The van der Waals surface area contributed by atoms with E-state index in [1.165, 1.54) is 44.3 Å². The highest BCUT2D eigenvalue weighted by atomic mass is 32.2. The SMILES string of the molecule is C=CC=C(C=CCN1CCCC1)S(=O)(=O)NC(=O)CCCCCCCC. The topological polar surface area (TPSA) is 66.5 Å². The molecule has 0 radical (unpaired) electrons. The first-order valence-corrected chi connectivity index (χ1v) is 11.2. The Hall–Kier alpha value is -1.40. The molecule has 0 atom stereocenters. The Morgan fingerprint density at radius 3 is 2.42 bits per heavy atom. The first-order valence-electron chi connectivity index (χ1n) is 9.77. The van der Waals surface area contributed by atoms with Gasteiger partial charge < -0.3 is 0 Å². The van der Waals surface area contributed by atoms with E-state index in [2.05, 4.69) is 23.1 Å². The summed E-state index contributed by atoms with van der Waals surface area (Å²) in [5.74, 6) is -0.441. The van der Waals surface area contributed by atoms with Gasteiger partial charge in [-0.2, -0.15) is 0 Å². The van der Waals surface area contributed by atoms with Gasteiger partial charge in [-0.3, -0.25) is 9.69 Å². The van der Waals surface area contributed by atoms with Gasteiger partial charge >= 0.3 is 0 Å². The van der Waals surface area contributed by atoms with Crippen LogP contribution in [0.3, 0.4) is 0 Å². The van der Waals surface area contributed by atoms with Crippen molar-refractivity contribution < 1.29 is 13.2 Å². The molecule has 0 unspecified atom stereocenters. The molecule has 1 amide bonds. The molecule has 1 N–H and O–H groups in total. The number of nitrogens with one attached hydrogen (secondary N) is 1. The highest BCUT2D eigenvalue weighted by molar-refractivity contribution is 7.94. The van der Waals surface area contributed by atoms with Crippen LogP contribution in [0.1, 0.15) is 64.7 Å². The average molecular weight is 383 g/mol. The minimum Gasteiger partial charge on any atom is -0.300 e. The number of amides is 1. The number of hydrogen-bond donors (Lipinski definition) is 1. The standard InChI is InChI=1S/C20H34N2O3S/c1-3-5-6-7-8-9-15-20(23)21-26(24,25)19(13-4-2)14-12-18-22-16-10-11-17-22/h4,12-14H,2-3,5-11,15-18H2,1H3,(H,21,23). The molecule has 1 rings (SSSR count). The lowest BCUT2D eigenvalue weighted by Crippen LogP contribution is -2.31. The van der Waals surface area contributed by atoms with E-state index >= 15 is 0 Å². The smallest absolute Gasteiger partial charge is 0.264 e. The molecule has 5 nitrogen and oxygen atoms in total. The van der Waals surface area contributed by atoms with Gasteiger partial charge in [-0.25, -0.2) is 13.1 Å². The van der Waals surface area contributed by atoms with E-state index in [0.717, 1.165) is 38.9 Å². The number of rotatable bonds is 13. The monoisotopic (exact) mass is 382 g/mol. The van der Waals surface area contributed by atoms with Gasteiger partial charge in [-0.1, -0.05) is 57.8 Å². The number of nitrogens with zero attached hydrogens (tertiary/aromatic N) is 1. The molecule has 26 heavy (non-hydrogen) atoms. The van der Waals surface area contributed by atoms with E-state index in [9.17, 15) is 13.2 Å². The summed E-state index contributed by atoms with van der Waals surface area (Å²) in [7, 11) is -3.85. The Morgan fingerprint density at radius 1 is 1.12 bits per heavy atom. The zero-order chi connectivity index (χ0) is 19.3. The molecule has 1 saturated heterocycles. The molecule has 0 aromatic carbocycles. The maximum atomic E-state index is 12.4. The molecule has 1 aliphatic rings. The highest BCUT2D eigenvalue weighted by Crippen LogP contribution is 2.11. The van der Waals surface area contributed by atoms with Crippen LogP contribution in [0, 0.1) is 0 Å². The maximum Gasteiger partial charge on any atom is 0.264 e. The van der Waals surface area contributed by atoms with Crippen LogP contribution in [0.15, 0.2) is 35.8 Å². The lowest BCUT2D eigenvalue weighted by Gasteiger charge is -2.11. The van der Waals surface area contributed by atoms with Gasteiger partial charge in [0.15, 0.2) is 0 Å². The summed E-state index contributed by atoms with van der Waals surface area (Å²) in [5.41, 5.74) is 0. The van der Waals surface area contributed by atoms with Crippen LogP contribution in [-0.2, 0) is 14.8 Å². The zero-order valence-corrected chi connectivity index (χ0v) is 16.9. The third-order valence-corrected chi connectivity index (χ3v) is 5.83. The molecule has 0 saturated carbocycles. The summed E-state index contributed by atoms with van der Waals surface area (Å²) < 4.78 is 27.0. The fraction of sp³-hybridized carbons (Fsp3) is 0.650. The van der Waals surface area contributed by atoms with Gasteiger partial charge in [0.05, 0.1) is 4.91 Å². The van der Waals surface area contributed by atoms with Gasteiger partial charge in [-0.15, -0.1) is 0 Å².